The van der Waals surface area contributed by atoms with E-state index in [4.69, 9.17) is 11.6 Å². The molecule has 124 valence electrons. The van der Waals surface area contributed by atoms with Gasteiger partial charge in [0.25, 0.3) is 0 Å². The normalized spacial score (nSPS) is 12.8. The van der Waals surface area contributed by atoms with Crippen molar-refractivity contribution in [3.05, 3.63) is 23.4 Å². The van der Waals surface area contributed by atoms with E-state index in [2.05, 4.69) is 30.6 Å². The third-order valence-electron chi connectivity index (χ3n) is 2.75. The lowest BCUT2D eigenvalue weighted by molar-refractivity contribution is -0.138. The van der Waals surface area contributed by atoms with Gasteiger partial charge in [-0.25, -0.2) is 4.98 Å². The number of pyridine rings is 1. The van der Waals surface area contributed by atoms with Crippen molar-refractivity contribution in [3.63, 3.8) is 0 Å². The van der Waals surface area contributed by atoms with Crippen LogP contribution in [-0.2, 0) is 0 Å². The molecule has 2 aromatic heterocycles. The summed E-state index contributed by atoms with van der Waals surface area (Å²) in [7, 11) is 0. The first-order valence-electron chi connectivity index (χ1n) is 6.75. The lowest BCUT2D eigenvalue weighted by atomic mass is 10.3. The van der Waals surface area contributed by atoms with E-state index in [9.17, 15) is 13.2 Å². The first-order chi connectivity index (χ1) is 10.8. The zero-order valence-corrected chi connectivity index (χ0v) is 13.1. The second-order valence-corrected chi connectivity index (χ2v) is 4.98. The minimum Gasteiger partial charge on any atom is -0.354 e. The molecule has 0 bridgehead atoms. The molecule has 0 spiro atoms. The Bertz CT molecular complexity index is 679. The molecule has 10 heteroatoms. The van der Waals surface area contributed by atoms with Crippen LogP contribution in [0.4, 0.5) is 25.1 Å². The first kappa shape index (κ1) is 17.2. The van der Waals surface area contributed by atoms with Crippen LogP contribution in [-0.4, -0.2) is 38.7 Å². The summed E-state index contributed by atoms with van der Waals surface area (Å²) in [6.07, 6.45) is -4.42. The van der Waals surface area contributed by atoms with E-state index >= 15 is 0 Å². The molecule has 2 heterocycles. The fraction of sp³-hybridized carbons (Fsp3) is 0.385. The summed E-state index contributed by atoms with van der Waals surface area (Å²) in [5, 5.41) is 5.29. The molecule has 0 fully saturated rings. The molecule has 0 saturated heterocycles. The topological polar surface area (TPSA) is 75.6 Å². The number of hydrogen-bond acceptors (Lipinski definition) is 6. The Hall–Kier alpha value is -2.16. The maximum Gasteiger partial charge on any atom is 0.408 e. The molecule has 0 saturated carbocycles. The summed E-state index contributed by atoms with van der Waals surface area (Å²) < 4.78 is 38.0. The molecule has 23 heavy (non-hydrogen) atoms. The molecule has 0 unspecified atom stereocenters. The minimum atomic E-state index is -4.42. The standard InChI is InChI=1S/C13H14ClF3N6/c1-3-18-11-21-10(8-5-4-6-9(14)20-8)22-12(23-11)19-7(2)13(15,16)17/h4-7H,3H2,1-2H3,(H2,18,19,21,22,23)/t7-/m1/s1. The van der Waals surface area contributed by atoms with Gasteiger partial charge in [-0.3, -0.25) is 0 Å². The van der Waals surface area contributed by atoms with Crippen LogP contribution in [0.5, 0.6) is 0 Å². The van der Waals surface area contributed by atoms with Crippen LogP contribution < -0.4 is 10.6 Å². The van der Waals surface area contributed by atoms with Gasteiger partial charge in [0.15, 0.2) is 5.82 Å². The van der Waals surface area contributed by atoms with Gasteiger partial charge in [-0.2, -0.15) is 28.1 Å². The molecule has 1 atom stereocenters. The highest BCUT2D eigenvalue weighted by atomic mass is 35.5. The highest BCUT2D eigenvalue weighted by molar-refractivity contribution is 6.29. The van der Waals surface area contributed by atoms with Gasteiger partial charge in [-0.1, -0.05) is 17.7 Å². The van der Waals surface area contributed by atoms with Crippen molar-refractivity contribution in [3.8, 4) is 11.5 Å². The fourth-order valence-corrected chi connectivity index (χ4v) is 1.76. The van der Waals surface area contributed by atoms with Crippen LogP contribution in [0.25, 0.3) is 11.5 Å². The van der Waals surface area contributed by atoms with Gasteiger partial charge in [0, 0.05) is 6.54 Å². The SMILES string of the molecule is CCNc1nc(N[C@H](C)C(F)(F)F)nc(-c2cccc(Cl)n2)n1. The highest BCUT2D eigenvalue weighted by Gasteiger charge is 2.36. The van der Waals surface area contributed by atoms with Crippen molar-refractivity contribution in [2.45, 2.75) is 26.1 Å². The van der Waals surface area contributed by atoms with Gasteiger partial charge in [0.1, 0.15) is 16.9 Å². The van der Waals surface area contributed by atoms with Crippen LogP contribution in [0.1, 0.15) is 13.8 Å². The Morgan fingerprint density at radius 2 is 1.83 bits per heavy atom. The van der Waals surface area contributed by atoms with Gasteiger partial charge >= 0.3 is 6.18 Å². The third kappa shape index (κ3) is 4.65. The van der Waals surface area contributed by atoms with Crippen molar-refractivity contribution in [1.82, 2.24) is 19.9 Å². The molecule has 0 aliphatic carbocycles. The largest absolute Gasteiger partial charge is 0.408 e. The van der Waals surface area contributed by atoms with E-state index in [0.29, 0.717) is 12.2 Å². The van der Waals surface area contributed by atoms with Crippen molar-refractivity contribution in [2.75, 3.05) is 17.2 Å². The molecule has 0 aliphatic heterocycles. The van der Waals surface area contributed by atoms with Crippen LogP contribution in [0.3, 0.4) is 0 Å². The van der Waals surface area contributed by atoms with E-state index in [1.165, 1.54) is 0 Å². The molecule has 2 rings (SSSR count). The van der Waals surface area contributed by atoms with Crippen LogP contribution in [0.2, 0.25) is 5.15 Å². The van der Waals surface area contributed by atoms with Gasteiger partial charge in [0.2, 0.25) is 11.9 Å². The summed E-state index contributed by atoms with van der Waals surface area (Å²) >= 11 is 5.82. The quantitative estimate of drug-likeness (QED) is 0.808. The van der Waals surface area contributed by atoms with Gasteiger partial charge in [0.05, 0.1) is 0 Å². The number of hydrogen-bond donors (Lipinski definition) is 2. The molecule has 0 amide bonds. The second-order valence-electron chi connectivity index (χ2n) is 4.59. The average Bonchev–Trinajstić information content (AvgIpc) is 2.46. The van der Waals surface area contributed by atoms with Gasteiger partial charge in [-0.05, 0) is 26.0 Å². The van der Waals surface area contributed by atoms with Crippen molar-refractivity contribution in [2.24, 2.45) is 0 Å². The number of aromatic nitrogens is 4. The summed E-state index contributed by atoms with van der Waals surface area (Å²) in [6.45, 7) is 3.29. The first-order valence-corrected chi connectivity index (χ1v) is 7.13. The zero-order chi connectivity index (χ0) is 17.0. The third-order valence-corrected chi connectivity index (χ3v) is 2.96. The summed E-state index contributed by atoms with van der Waals surface area (Å²) in [4.78, 5) is 16.1. The van der Waals surface area contributed by atoms with E-state index in [-0.39, 0.29) is 22.9 Å². The predicted molar refractivity (Wildman–Crippen MR) is 81.4 cm³/mol. The molecular weight excluding hydrogens is 333 g/mol. The van der Waals surface area contributed by atoms with Crippen LogP contribution in [0, 0.1) is 0 Å². The number of anilines is 2. The Kier molecular flexibility index (Phi) is 5.19. The molecule has 2 N–H and O–H groups in total. The maximum absolute atomic E-state index is 12.7. The summed E-state index contributed by atoms with van der Waals surface area (Å²) in [5.41, 5.74) is 0.335. The van der Waals surface area contributed by atoms with E-state index in [1.807, 2.05) is 6.92 Å². The maximum atomic E-state index is 12.7. The monoisotopic (exact) mass is 346 g/mol. The van der Waals surface area contributed by atoms with Gasteiger partial charge < -0.3 is 10.6 Å². The Morgan fingerprint density at radius 1 is 1.13 bits per heavy atom. The molecule has 0 aliphatic rings. The van der Waals surface area contributed by atoms with Crippen molar-refractivity contribution in [1.29, 1.82) is 0 Å². The number of rotatable bonds is 5. The lowest BCUT2D eigenvalue weighted by Crippen LogP contribution is -2.34. The lowest BCUT2D eigenvalue weighted by Gasteiger charge is -2.17. The molecule has 6 nitrogen and oxygen atoms in total. The molecule has 0 aromatic carbocycles. The number of nitrogens with zero attached hydrogens (tertiary/aromatic N) is 4. The van der Waals surface area contributed by atoms with Crippen molar-refractivity contribution >= 4 is 23.5 Å². The van der Waals surface area contributed by atoms with E-state index in [1.54, 1.807) is 18.2 Å². The number of halogens is 4. The zero-order valence-electron chi connectivity index (χ0n) is 12.3. The summed E-state index contributed by atoms with van der Waals surface area (Å²) in [6, 6.07) is 3.02. The average molecular weight is 347 g/mol. The summed E-state index contributed by atoms with van der Waals surface area (Å²) in [5.74, 6) is 0.0732. The Labute approximate surface area is 135 Å². The van der Waals surface area contributed by atoms with Crippen LogP contribution in [0.15, 0.2) is 18.2 Å². The van der Waals surface area contributed by atoms with Crippen molar-refractivity contribution < 1.29 is 13.2 Å². The van der Waals surface area contributed by atoms with Gasteiger partial charge in [-0.15, -0.1) is 0 Å². The highest BCUT2D eigenvalue weighted by Crippen LogP contribution is 2.23. The molecular formula is C13H14ClF3N6. The Balaban J connectivity index is 2.39. The molecule has 2 aromatic rings. The molecule has 0 radical (unpaired) electrons. The Morgan fingerprint density at radius 3 is 2.43 bits per heavy atom. The smallest absolute Gasteiger partial charge is 0.354 e. The predicted octanol–water partition coefficient (Wildman–Crippen LogP) is 3.38. The minimum absolute atomic E-state index is 0.121. The second kappa shape index (κ2) is 6.95. The number of alkyl halides is 3. The van der Waals surface area contributed by atoms with Crippen LogP contribution >= 0.6 is 11.6 Å². The fourth-order valence-electron chi connectivity index (χ4n) is 1.60. The number of nitrogens with one attached hydrogen (secondary N) is 2. The van der Waals surface area contributed by atoms with E-state index < -0.39 is 12.2 Å². The van der Waals surface area contributed by atoms with E-state index in [0.717, 1.165) is 6.92 Å².